The molecule has 6 rings (SSSR count). The highest BCUT2D eigenvalue weighted by molar-refractivity contribution is 6.06. The van der Waals surface area contributed by atoms with E-state index in [-0.39, 0.29) is 60.3 Å². The van der Waals surface area contributed by atoms with Crippen molar-refractivity contribution in [3.63, 3.8) is 0 Å². The molecule has 7 heteroatoms. The van der Waals surface area contributed by atoms with Crippen LogP contribution in [0.4, 0.5) is 5.69 Å². The van der Waals surface area contributed by atoms with Gasteiger partial charge in [0.05, 0.1) is 24.0 Å². The monoisotopic (exact) mass is 436 g/mol. The van der Waals surface area contributed by atoms with E-state index in [1.54, 1.807) is 24.3 Å². The SMILES string of the molecule is CCCCOC(=O)c1ccc(NC(=O)CCN2C(=O)C3C4C=CC(C5CC45)C3C2=O)cc1. The fourth-order valence-corrected chi connectivity index (χ4v) is 5.76. The molecule has 7 nitrogen and oxygen atoms in total. The number of imide groups is 1. The van der Waals surface area contributed by atoms with Gasteiger partial charge in [-0.15, -0.1) is 0 Å². The van der Waals surface area contributed by atoms with Crippen LogP contribution in [-0.4, -0.2) is 41.7 Å². The third kappa shape index (κ3) is 3.53. The Hall–Kier alpha value is -2.96. The number of esters is 1. The first-order valence-electron chi connectivity index (χ1n) is 11.6. The van der Waals surface area contributed by atoms with Crippen LogP contribution in [0.1, 0.15) is 43.0 Å². The Bertz CT molecular complexity index is 949. The van der Waals surface area contributed by atoms with Gasteiger partial charge in [-0.05, 0) is 60.8 Å². The Labute approximate surface area is 187 Å². The van der Waals surface area contributed by atoms with Crippen LogP contribution in [0.15, 0.2) is 36.4 Å². The molecule has 1 heterocycles. The lowest BCUT2D eigenvalue weighted by molar-refractivity contribution is -0.140. The molecule has 0 spiro atoms. The Morgan fingerprint density at radius 1 is 1.03 bits per heavy atom. The summed E-state index contributed by atoms with van der Waals surface area (Å²) >= 11 is 0. The zero-order chi connectivity index (χ0) is 22.4. The van der Waals surface area contributed by atoms with Crippen LogP contribution in [-0.2, 0) is 19.1 Å². The lowest BCUT2D eigenvalue weighted by atomic mass is 9.63. The number of ether oxygens (including phenoxy) is 1. The van der Waals surface area contributed by atoms with Crippen LogP contribution in [0, 0.1) is 35.5 Å². The summed E-state index contributed by atoms with van der Waals surface area (Å²) < 4.78 is 5.17. The Balaban J connectivity index is 1.14. The fraction of sp³-hybridized carbons (Fsp3) is 0.520. The van der Waals surface area contributed by atoms with Crippen molar-refractivity contribution in [2.75, 3.05) is 18.5 Å². The van der Waals surface area contributed by atoms with Gasteiger partial charge in [0.2, 0.25) is 17.7 Å². The molecular formula is C25H28N2O5. The topological polar surface area (TPSA) is 92.8 Å². The van der Waals surface area contributed by atoms with E-state index >= 15 is 0 Å². The highest BCUT2D eigenvalue weighted by Crippen LogP contribution is 2.65. The fourth-order valence-electron chi connectivity index (χ4n) is 5.76. The Kier molecular flexibility index (Phi) is 5.35. The van der Waals surface area contributed by atoms with Crippen LogP contribution in [0.3, 0.4) is 0 Å². The first kappa shape index (κ1) is 20.9. The lowest BCUT2D eigenvalue weighted by Gasteiger charge is -2.37. The van der Waals surface area contributed by atoms with E-state index in [1.807, 2.05) is 6.92 Å². The number of hydrogen-bond donors (Lipinski definition) is 1. The molecule has 168 valence electrons. The molecule has 1 aliphatic heterocycles. The Morgan fingerprint density at radius 2 is 1.66 bits per heavy atom. The van der Waals surface area contributed by atoms with E-state index in [1.165, 1.54) is 4.90 Å². The summed E-state index contributed by atoms with van der Waals surface area (Å²) in [5.74, 6) is 0.189. The second kappa shape index (κ2) is 8.19. The van der Waals surface area contributed by atoms with Gasteiger partial charge >= 0.3 is 5.97 Å². The van der Waals surface area contributed by atoms with Crippen LogP contribution < -0.4 is 5.32 Å². The highest BCUT2D eigenvalue weighted by atomic mass is 16.5. The van der Waals surface area contributed by atoms with Gasteiger partial charge in [-0.1, -0.05) is 25.5 Å². The second-order valence-electron chi connectivity index (χ2n) is 9.35. The van der Waals surface area contributed by atoms with E-state index in [0.29, 0.717) is 29.7 Å². The number of rotatable bonds is 8. The zero-order valence-corrected chi connectivity index (χ0v) is 18.2. The molecule has 0 aromatic heterocycles. The number of nitrogens with zero attached hydrogens (tertiary/aromatic N) is 1. The number of anilines is 1. The van der Waals surface area contributed by atoms with Gasteiger partial charge < -0.3 is 10.1 Å². The van der Waals surface area contributed by atoms with Crippen molar-refractivity contribution >= 4 is 29.4 Å². The quantitative estimate of drug-likeness (QED) is 0.293. The number of carbonyl (C=O) groups excluding carboxylic acids is 4. The molecule has 1 aromatic rings. The number of amides is 3. The average molecular weight is 437 g/mol. The summed E-state index contributed by atoms with van der Waals surface area (Å²) in [7, 11) is 0. The largest absolute Gasteiger partial charge is 0.462 e. The Morgan fingerprint density at radius 3 is 2.25 bits per heavy atom. The molecule has 0 radical (unpaired) electrons. The minimum Gasteiger partial charge on any atom is -0.462 e. The second-order valence-corrected chi connectivity index (χ2v) is 9.35. The standard InChI is InChI=1S/C25H28N2O5/c1-2-3-12-32-25(31)14-4-6-15(7-5-14)26-20(28)10-11-27-23(29)21-16-8-9-17(19-13-18(16)19)22(21)24(27)30/h4-9,16-19,21-22H,2-3,10-13H2,1H3,(H,26,28). The molecule has 1 aromatic carbocycles. The molecule has 4 aliphatic carbocycles. The van der Waals surface area contributed by atoms with Crippen molar-refractivity contribution in [3.8, 4) is 0 Å². The predicted molar refractivity (Wildman–Crippen MR) is 116 cm³/mol. The average Bonchev–Trinajstić information content (AvgIpc) is 3.57. The van der Waals surface area contributed by atoms with Gasteiger partial charge in [0.1, 0.15) is 0 Å². The molecule has 5 aliphatic rings. The van der Waals surface area contributed by atoms with Crippen molar-refractivity contribution in [2.24, 2.45) is 35.5 Å². The van der Waals surface area contributed by atoms with Crippen LogP contribution in [0.2, 0.25) is 0 Å². The van der Waals surface area contributed by atoms with Crippen LogP contribution in [0.25, 0.3) is 0 Å². The van der Waals surface area contributed by atoms with E-state index in [4.69, 9.17) is 4.74 Å². The summed E-state index contributed by atoms with van der Waals surface area (Å²) in [6.45, 7) is 2.52. The summed E-state index contributed by atoms with van der Waals surface area (Å²) in [4.78, 5) is 51.6. The van der Waals surface area contributed by atoms with Crippen molar-refractivity contribution in [1.29, 1.82) is 0 Å². The maximum absolute atomic E-state index is 13.0. The van der Waals surface area contributed by atoms with Crippen molar-refractivity contribution in [2.45, 2.75) is 32.6 Å². The van der Waals surface area contributed by atoms with Gasteiger partial charge in [0.25, 0.3) is 0 Å². The third-order valence-corrected chi connectivity index (χ3v) is 7.45. The van der Waals surface area contributed by atoms with E-state index in [2.05, 4.69) is 17.5 Å². The summed E-state index contributed by atoms with van der Waals surface area (Å²) in [5.41, 5.74) is 0.978. The molecule has 1 saturated heterocycles. The van der Waals surface area contributed by atoms with Crippen LogP contribution in [0.5, 0.6) is 0 Å². The third-order valence-electron chi connectivity index (χ3n) is 7.45. The molecule has 2 saturated carbocycles. The first-order chi connectivity index (χ1) is 15.5. The van der Waals surface area contributed by atoms with Gasteiger partial charge in [-0.3, -0.25) is 19.3 Å². The molecular weight excluding hydrogens is 408 g/mol. The first-order valence-corrected chi connectivity index (χ1v) is 11.6. The predicted octanol–water partition coefficient (Wildman–Crippen LogP) is 3.03. The number of unbranched alkanes of at least 4 members (excludes halogenated alkanes) is 1. The number of allylic oxidation sites excluding steroid dienone is 2. The molecule has 6 unspecified atom stereocenters. The number of likely N-dealkylation sites (tertiary alicyclic amines) is 1. The molecule has 32 heavy (non-hydrogen) atoms. The van der Waals surface area contributed by atoms with E-state index in [9.17, 15) is 19.2 Å². The zero-order valence-electron chi connectivity index (χ0n) is 18.2. The summed E-state index contributed by atoms with van der Waals surface area (Å²) in [6, 6.07) is 6.50. The van der Waals surface area contributed by atoms with E-state index < -0.39 is 0 Å². The maximum Gasteiger partial charge on any atom is 0.338 e. The minimum absolute atomic E-state index is 0.0490. The van der Waals surface area contributed by atoms with Gasteiger partial charge in [-0.25, -0.2) is 4.79 Å². The molecule has 6 atom stereocenters. The molecule has 3 amide bonds. The lowest BCUT2D eigenvalue weighted by Crippen LogP contribution is -2.40. The molecule has 2 bridgehead atoms. The van der Waals surface area contributed by atoms with Gasteiger partial charge in [0, 0.05) is 18.7 Å². The summed E-state index contributed by atoms with van der Waals surface area (Å²) in [5, 5.41) is 2.77. The number of nitrogens with one attached hydrogen (secondary N) is 1. The molecule has 1 N–H and O–H groups in total. The van der Waals surface area contributed by atoms with Gasteiger partial charge in [0.15, 0.2) is 0 Å². The van der Waals surface area contributed by atoms with Crippen LogP contribution >= 0.6 is 0 Å². The van der Waals surface area contributed by atoms with Crippen molar-refractivity contribution < 1.29 is 23.9 Å². The highest BCUT2D eigenvalue weighted by Gasteiger charge is 2.66. The molecule has 3 fully saturated rings. The smallest absolute Gasteiger partial charge is 0.338 e. The minimum atomic E-state index is -0.384. The summed E-state index contributed by atoms with van der Waals surface area (Å²) in [6.07, 6.45) is 7.24. The van der Waals surface area contributed by atoms with Crippen molar-refractivity contribution in [3.05, 3.63) is 42.0 Å². The van der Waals surface area contributed by atoms with E-state index in [0.717, 1.165) is 19.3 Å². The number of hydrogen-bond acceptors (Lipinski definition) is 5. The number of carbonyl (C=O) groups is 4. The van der Waals surface area contributed by atoms with Crippen molar-refractivity contribution in [1.82, 2.24) is 4.90 Å². The number of benzene rings is 1. The maximum atomic E-state index is 13.0. The van der Waals surface area contributed by atoms with Gasteiger partial charge in [-0.2, -0.15) is 0 Å². The normalized spacial score (nSPS) is 31.3.